The van der Waals surface area contributed by atoms with Crippen LogP contribution in [0.15, 0.2) is 0 Å². The zero-order valence-electron chi connectivity index (χ0n) is 10.2. The zero-order valence-corrected chi connectivity index (χ0v) is 10.2. The summed E-state index contributed by atoms with van der Waals surface area (Å²) in [5, 5.41) is 0. The highest BCUT2D eigenvalue weighted by atomic mass is 16.5. The molecular weight excluding hydrogens is 204 g/mol. The van der Waals surface area contributed by atoms with Crippen LogP contribution in [-0.2, 0) is 14.3 Å². The molecule has 0 heterocycles. The average Bonchev–Trinajstić information content (AvgIpc) is 2.34. The smallest absolute Gasteiger partial charge is 0.306 e. The van der Waals surface area contributed by atoms with Gasteiger partial charge in [0.15, 0.2) is 0 Å². The van der Waals surface area contributed by atoms with E-state index in [9.17, 15) is 9.59 Å². The van der Waals surface area contributed by atoms with E-state index in [0.29, 0.717) is 13.0 Å². The average molecular weight is 226 g/mol. The van der Waals surface area contributed by atoms with Gasteiger partial charge in [0.25, 0.3) is 0 Å². The molecule has 92 valence electrons. The van der Waals surface area contributed by atoms with Crippen LogP contribution in [-0.4, -0.2) is 18.4 Å². The quantitative estimate of drug-likeness (QED) is 0.654. The zero-order chi connectivity index (χ0) is 11.8. The fraction of sp³-hybridized carbons (Fsp3) is 0.846. The number of hydrogen-bond donors (Lipinski definition) is 0. The molecule has 0 unspecified atom stereocenters. The summed E-state index contributed by atoms with van der Waals surface area (Å²) in [6, 6.07) is 0. The monoisotopic (exact) mass is 226 g/mol. The highest BCUT2D eigenvalue weighted by Crippen LogP contribution is 2.25. The Balaban J connectivity index is 2.15. The minimum absolute atomic E-state index is 0.215. The summed E-state index contributed by atoms with van der Waals surface area (Å²) in [5.74, 6) is 0.242. The van der Waals surface area contributed by atoms with Crippen molar-refractivity contribution in [1.29, 1.82) is 0 Å². The molecule has 0 aromatic heterocycles. The van der Waals surface area contributed by atoms with Crippen LogP contribution in [0.2, 0.25) is 0 Å². The van der Waals surface area contributed by atoms with Gasteiger partial charge in [0.1, 0.15) is 5.78 Å². The van der Waals surface area contributed by atoms with Gasteiger partial charge < -0.3 is 4.74 Å². The maximum atomic E-state index is 11.8. The number of ketones is 1. The second kappa shape index (κ2) is 7.42. The van der Waals surface area contributed by atoms with Gasteiger partial charge in [0, 0.05) is 12.3 Å². The third-order valence-electron chi connectivity index (χ3n) is 3.10. The Bertz CT molecular complexity index is 229. The van der Waals surface area contributed by atoms with Gasteiger partial charge in [-0.3, -0.25) is 9.59 Å². The Kier molecular flexibility index (Phi) is 6.12. The highest BCUT2D eigenvalue weighted by molar-refractivity contribution is 5.84. The first-order chi connectivity index (χ1) is 7.74. The fourth-order valence-corrected chi connectivity index (χ4v) is 2.14. The van der Waals surface area contributed by atoms with Crippen molar-refractivity contribution in [3.63, 3.8) is 0 Å². The van der Waals surface area contributed by atoms with Gasteiger partial charge in [-0.15, -0.1) is 0 Å². The number of Topliss-reactive ketones (excluding diaryl/α,β-unsaturated/α-hetero) is 1. The van der Waals surface area contributed by atoms with Gasteiger partial charge >= 0.3 is 5.97 Å². The molecule has 1 rings (SSSR count). The third-order valence-corrected chi connectivity index (χ3v) is 3.10. The number of rotatable bonds is 6. The fourth-order valence-electron chi connectivity index (χ4n) is 2.14. The molecule has 0 atom stereocenters. The van der Waals surface area contributed by atoms with Crippen molar-refractivity contribution < 1.29 is 14.3 Å². The number of carbonyl (C=O) groups is 2. The second-order valence-electron chi connectivity index (χ2n) is 4.52. The third kappa shape index (κ3) is 4.77. The normalized spacial score (nSPS) is 17.1. The number of hydrogen-bond acceptors (Lipinski definition) is 3. The summed E-state index contributed by atoms with van der Waals surface area (Å²) in [7, 11) is 0. The van der Waals surface area contributed by atoms with Crippen molar-refractivity contribution in [3.05, 3.63) is 0 Å². The van der Waals surface area contributed by atoms with Crippen LogP contribution in [0.5, 0.6) is 0 Å². The molecule has 0 amide bonds. The van der Waals surface area contributed by atoms with Crippen molar-refractivity contribution in [2.75, 3.05) is 6.61 Å². The molecule has 0 bridgehead atoms. The molecule has 16 heavy (non-hydrogen) atoms. The predicted octanol–water partition coefficient (Wildman–Crippen LogP) is 2.87. The molecule has 1 aliphatic rings. The largest absolute Gasteiger partial charge is 0.466 e. The maximum Gasteiger partial charge on any atom is 0.306 e. The standard InChI is InChI=1S/C13H22O3/c1-2-10-16-13(15)9-8-12(14)11-6-4-3-5-7-11/h11H,2-10H2,1H3. The highest BCUT2D eigenvalue weighted by Gasteiger charge is 2.21. The predicted molar refractivity (Wildman–Crippen MR) is 62.1 cm³/mol. The van der Waals surface area contributed by atoms with E-state index in [0.717, 1.165) is 32.1 Å². The summed E-state index contributed by atoms with van der Waals surface area (Å²) in [5.41, 5.74) is 0. The van der Waals surface area contributed by atoms with E-state index >= 15 is 0 Å². The van der Waals surface area contributed by atoms with Crippen LogP contribution < -0.4 is 0 Å². The SMILES string of the molecule is CCCOC(=O)CCC(=O)C1CCCCC1. The maximum absolute atomic E-state index is 11.8. The number of ether oxygens (including phenoxy) is 1. The van der Waals surface area contributed by atoms with Crippen LogP contribution >= 0.6 is 0 Å². The van der Waals surface area contributed by atoms with Crippen LogP contribution in [0.1, 0.15) is 58.3 Å². The minimum Gasteiger partial charge on any atom is -0.466 e. The number of carbonyl (C=O) groups excluding carboxylic acids is 2. The first kappa shape index (κ1) is 13.2. The molecule has 0 radical (unpaired) electrons. The Hall–Kier alpha value is -0.860. The van der Waals surface area contributed by atoms with Gasteiger partial charge in [-0.05, 0) is 19.3 Å². The van der Waals surface area contributed by atoms with Crippen molar-refractivity contribution >= 4 is 11.8 Å². The number of esters is 1. The Morgan fingerprint density at radius 3 is 2.44 bits per heavy atom. The van der Waals surface area contributed by atoms with Crippen molar-refractivity contribution in [2.45, 2.75) is 58.3 Å². The van der Waals surface area contributed by atoms with E-state index in [-0.39, 0.29) is 24.1 Å². The molecule has 0 aromatic carbocycles. The summed E-state index contributed by atoms with van der Waals surface area (Å²) in [6.07, 6.45) is 7.08. The topological polar surface area (TPSA) is 43.4 Å². The van der Waals surface area contributed by atoms with E-state index in [1.54, 1.807) is 0 Å². The minimum atomic E-state index is -0.231. The lowest BCUT2D eigenvalue weighted by Gasteiger charge is -2.19. The lowest BCUT2D eigenvalue weighted by atomic mass is 9.85. The van der Waals surface area contributed by atoms with Gasteiger partial charge in [0.2, 0.25) is 0 Å². The molecule has 0 aliphatic heterocycles. The Morgan fingerprint density at radius 2 is 1.81 bits per heavy atom. The molecular formula is C13H22O3. The van der Waals surface area contributed by atoms with Crippen LogP contribution in [0.25, 0.3) is 0 Å². The molecule has 0 spiro atoms. The van der Waals surface area contributed by atoms with Crippen LogP contribution in [0.4, 0.5) is 0 Å². The molecule has 1 aliphatic carbocycles. The van der Waals surface area contributed by atoms with E-state index < -0.39 is 0 Å². The Morgan fingerprint density at radius 1 is 1.12 bits per heavy atom. The van der Waals surface area contributed by atoms with E-state index in [1.807, 2.05) is 6.92 Å². The lowest BCUT2D eigenvalue weighted by Crippen LogP contribution is -2.19. The summed E-state index contributed by atoms with van der Waals surface area (Å²) in [6.45, 7) is 2.43. The van der Waals surface area contributed by atoms with Crippen molar-refractivity contribution in [3.8, 4) is 0 Å². The molecule has 0 aromatic rings. The van der Waals surface area contributed by atoms with Crippen molar-refractivity contribution in [1.82, 2.24) is 0 Å². The van der Waals surface area contributed by atoms with Crippen LogP contribution in [0.3, 0.4) is 0 Å². The molecule has 3 nitrogen and oxygen atoms in total. The van der Waals surface area contributed by atoms with Crippen molar-refractivity contribution in [2.24, 2.45) is 5.92 Å². The molecule has 1 saturated carbocycles. The molecule has 3 heteroatoms. The van der Waals surface area contributed by atoms with E-state index in [2.05, 4.69) is 0 Å². The van der Waals surface area contributed by atoms with Crippen LogP contribution in [0, 0.1) is 5.92 Å². The summed E-state index contributed by atoms with van der Waals surface area (Å²) >= 11 is 0. The van der Waals surface area contributed by atoms with E-state index in [1.165, 1.54) is 6.42 Å². The molecule has 0 N–H and O–H groups in total. The Labute approximate surface area is 97.5 Å². The lowest BCUT2D eigenvalue weighted by molar-refractivity contribution is -0.145. The molecule has 0 saturated heterocycles. The summed E-state index contributed by atoms with van der Waals surface area (Å²) < 4.78 is 4.94. The van der Waals surface area contributed by atoms with Gasteiger partial charge in [-0.25, -0.2) is 0 Å². The van der Waals surface area contributed by atoms with Gasteiger partial charge in [0.05, 0.1) is 13.0 Å². The molecule has 1 fully saturated rings. The van der Waals surface area contributed by atoms with Gasteiger partial charge in [-0.2, -0.15) is 0 Å². The van der Waals surface area contributed by atoms with E-state index in [4.69, 9.17) is 4.74 Å². The second-order valence-corrected chi connectivity index (χ2v) is 4.52. The van der Waals surface area contributed by atoms with Gasteiger partial charge in [-0.1, -0.05) is 26.2 Å². The summed E-state index contributed by atoms with van der Waals surface area (Å²) in [4.78, 5) is 23.0. The first-order valence-electron chi connectivity index (χ1n) is 6.42. The first-order valence-corrected chi connectivity index (χ1v) is 6.42.